The number of hydrogen-bond donors (Lipinski definition) is 1. The van der Waals surface area contributed by atoms with Crippen LogP contribution in [0.5, 0.6) is 0 Å². The standard InChI is InChI=1S/C17H24ClN3/c1-11(2)9-19-10-15-8-16(18)6-7-17(15)21-14(5)12(3)13(4)20-21/h6-8,11,19H,9-10H2,1-5H3. The van der Waals surface area contributed by atoms with Crippen molar-refractivity contribution >= 4 is 11.6 Å². The quantitative estimate of drug-likeness (QED) is 0.897. The van der Waals surface area contributed by atoms with Crippen LogP contribution in [-0.2, 0) is 6.54 Å². The molecule has 0 spiro atoms. The van der Waals surface area contributed by atoms with Gasteiger partial charge < -0.3 is 5.32 Å². The van der Waals surface area contributed by atoms with Gasteiger partial charge in [0, 0.05) is 17.3 Å². The summed E-state index contributed by atoms with van der Waals surface area (Å²) in [6.45, 7) is 12.5. The molecule has 0 atom stereocenters. The third-order valence-corrected chi connectivity index (χ3v) is 4.03. The van der Waals surface area contributed by atoms with Crippen LogP contribution in [0.25, 0.3) is 5.69 Å². The Morgan fingerprint density at radius 1 is 1.24 bits per heavy atom. The summed E-state index contributed by atoms with van der Waals surface area (Å²) in [5.41, 5.74) is 5.77. The van der Waals surface area contributed by atoms with Crippen LogP contribution in [0.3, 0.4) is 0 Å². The number of aromatic nitrogens is 2. The molecule has 0 saturated carbocycles. The monoisotopic (exact) mass is 305 g/mol. The van der Waals surface area contributed by atoms with E-state index in [4.69, 9.17) is 11.6 Å². The lowest BCUT2D eigenvalue weighted by molar-refractivity contribution is 0.551. The van der Waals surface area contributed by atoms with Crippen molar-refractivity contribution in [1.82, 2.24) is 15.1 Å². The highest BCUT2D eigenvalue weighted by atomic mass is 35.5. The Bertz CT molecular complexity index is 629. The van der Waals surface area contributed by atoms with Crippen LogP contribution in [-0.4, -0.2) is 16.3 Å². The van der Waals surface area contributed by atoms with E-state index in [1.807, 2.05) is 29.8 Å². The molecule has 2 rings (SSSR count). The van der Waals surface area contributed by atoms with Crippen LogP contribution in [0.2, 0.25) is 5.02 Å². The molecule has 114 valence electrons. The van der Waals surface area contributed by atoms with Crippen molar-refractivity contribution in [3.63, 3.8) is 0 Å². The van der Waals surface area contributed by atoms with Gasteiger partial charge in [-0.05, 0) is 62.6 Å². The van der Waals surface area contributed by atoms with Gasteiger partial charge in [0.15, 0.2) is 0 Å². The molecule has 3 nitrogen and oxygen atoms in total. The van der Waals surface area contributed by atoms with Crippen LogP contribution in [0.1, 0.15) is 36.4 Å². The summed E-state index contributed by atoms with van der Waals surface area (Å²) in [6.07, 6.45) is 0. The lowest BCUT2D eigenvalue weighted by Gasteiger charge is -2.14. The van der Waals surface area contributed by atoms with E-state index in [2.05, 4.69) is 38.1 Å². The summed E-state index contributed by atoms with van der Waals surface area (Å²) in [6, 6.07) is 6.00. The zero-order valence-corrected chi connectivity index (χ0v) is 14.3. The van der Waals surface area contributed by atoms with E-state index < -0.39 is 0 Å². The van der Waals surface area contributed by atoms with Gasteiger partial charge in [-0.1, -0.05) is 25.4 Å². The van der Waals surface area contributed by atoms with Crippen LogP contribution in [0.4, 0.5) is 0 Å². The first-order valence-electron chi connectivity index (χ1n) is 7.42. The Hall–Kier alpha value is -1.32. The number of benzene rings is 1. The first-order valence-corrected chi connectivity index (χ1v) is 7.80. The number of nitrogens with zero attached hydrogens (tertiary/aromatic N) is 2. The molecule has 21 heavy (non-hydrogen) atoms. The van der Waals surface area contributed by atoms with Gasteiger partial charge in [-0.15, -0.1) is 0 Å². The molecule has 0 aliphatic heterocycles. The second-order valence-electron chi connectivity index (χ2n) is 6.01. The maximum Gasteiger partial charge on any atom is 0.0694 e. The van der Waals surface area contributed by atoms with Gasteiger partial charge in [-0.2, -0.15) is 5.10 Å². The molecule has 0 radical (unpaired) electrons. The zero-order valence-electron chi connectivity index (χ0n) is 13.5. The maximum absolute atomic E-state index is 6.16. The molecule has 0 aliphatic carbocycles. The summed E-state index contributed by atoms with van der Waals surface area (Å²) in [5.74, 6) is 0.628. The van der Waals surface area contributed by atoms with Gasteiger partial charge in [0.25, 0.3) is 0 Å². The molecule has 2 aromatic rings. The van der Waals surface area contributed by atoms with E-state index in [1.54, 1.807) is 0 Å². The van der Waals surface area contributed by atoms with Gasteiger partial charge in [0.2, 0.25) is 0 Å². The minimum atomic E-state index is 0.628. The summed E-state index contributed by atoms with van der Waals surface area (Å²) < 4.78 is 2.02. The first-order chi connectivity index (χ1) is 9.90. The van der Waals surface area contributed by atoms with Gasteiger partial charge in [0.05, 0.1) is 11.4 Å². The van der Waals surface area contributed by atoms with Gasteiger partial charge in [-0.25, -0.2) is 4.68 Å². The van der Waals surface area contributed by atoms with Crippen LogP contribution in [0.15, 0.2) is 18.2 Å². The third kappa shape index (κ3) is 3.66. The van der Waals surface area contributed by atoms with E-state index in [1.165, 1.54) is 16.8 Å². The van der Waals surface area contributed by atoms with Crippen molar-refractivity contribution < 1.29 is 0 Å². The summed E-state index contributed by atoms with van der Waals surface area (Å²) in [7, 11) is 0. The molecular formula is C17H24ClN3. The molecule has 0 fully saturated rings. The molecular weight excluding hydrogens is 282 g/mol. The number of halogens is 1. The van der Waals surface area contributed by atoms with E-state index in [9.17, 15) is 0 Å². The van der Waals surface area contributed by atoms with Crippen LogP contribution >= 0.6 is 11.6 Å². The highest BCUT2D eigenvalue weighted by molar-refractivity contribution is 6.30. The summed E-state index contributed by atoms with van der Waals surface area (Å²) >= 11 is 6.16. The lowest BCUT2D eigenvalue weighted by atomic mass is 10.1. The molecule has 0 aliphatic rings. The Balaban J connectivity index is 2.36. The number of hydrogen-bond acceptors (Lipinski definition) is 2. The molecule has 1 heterocycles. The van der Waals surface area contributed by atoms with E-state index in [-0.39, 0.29) is 0 Å². The van der Waals surface area contributed by atoms with E-state index in [0.29, 0.717) is 5.92 Å². The van der Waals surface area contributed by atoms with E-state index >= 15 is 0 Å². The first kappa shape index (κ1) is 16.1. The number of aryl methyl sites for hydroxylation is 1. The zero-order chi connectivity index (χ0) is 15.6. The fraction of sp³-hybridized carbons (Fsp3) is 0.471. The highest BCUT2D eigenvalue weighted by Gasteiger charge is 2.12. The highest BCUT2D eigenvalue weighted by Crippen LogP contribution is 2.23. The largest absolute Gasteiger partial charge is 0.312 e. The van der Waals surface area contributed by atoms with Crippen LogP contribution < -0.4 is 5.32 Å². The molecule has 0 unspecified atom stereocenters. The van der Waals surface area contributed by atoms with Crippen LogP contribution in [0, 0.1) is 26.7 Å². The van der Waals surface area contributed by atoms with Gasteiger partial charge in [-0.3, -0.25) is 0 Å². The fourth-order valence-electron chi connectivity index (χ4n) is 2.35. The molecule has 1 aromatic heterocycles. The minimum absolute atomic E-state index is 0.628. The smallest absolute Gasteiger partial charge is 0.0694 e. The van der Waals surface area contributed by atoms with Crippen molar-refractivity contribution in [1.29, 1.82) is 0 Å². The molecule has 0 saturated heterocycles. The number of rotatable bonds is 5. The average Bonchev–Trinajstić information content (AvgIpc) is 2.66. The molecule has 0 bridgehead atoms. The van der Waals surface area contributed by atoms with Crippen molar-refractivity contribution in [2.24, 2.45) is 5.92 Å². The Morgan fingerprint density at radius 3 is 2.52 bits per heavy atom. The molecule has 4 heteroatoms. The Kier molecular flexibility index (Phi) is 5.07. The second kappa shape index (κ2) is 6.63. The summed E-state index contributed by atoms with van der Waals surface area (Å²) in [4.78, 5) is 0. The Morgan fingerprint density at radius 2 is 1.95 bits per heavy atom. The van der Waals surface area contributed by atoms with Gasteiger partial charge in [0.1, 0.15) is 0 Å². The maximum atomic E-state index is 6.16. The van der Waals surface area contributed by atoms with Crippen molar-refractivity contribution in [3.05, 3.63) is 45.7 Å². The van der Waals surface area contributed by atoms with Crippen molar-refractivity contribution in [2.45, 2.75) is 41.2 Å². The van der Waals surface area contributed by atoms with Gasteiger partial charge >= 0.3 is 0 Å². The predicted molar refractivity (Wildman–Crippen MR) is 89.3 cm³/mol. The molecule has 0 amide bonds. The number of nitrogens with one attached hydrogen (secondary N) is 1. The minimum Gasteiger partial charge on any atom is -0.312 e. The third-order valence-electron chi connectivity index (χ3n) is 3.79. The second-order valence-corrected chi connectivity index (χ2v) is 6.44. The molecule has 1 aromatic carbocycles. The fourth-order valence-corrected chi connectivity index (χ4v) is 2.55. The SMILES string of the molecule is Cc1nn(-c2ccc(Cl)cc2CNCC(C)C)c(C)c1C. The molecule has 1 N–H and O–H groups in total. The average molecular weight is 306 g/mol. The van der Waals surface area contributed by atoms with Crippen molar-refractivity contribution in [3.8, 4) is 5.69 Å². The topological polar surface area (TPSA) is 29.9 Å². The van der Waals surface area contributed by atoms with E-state index in [0.717, 1.165) is 29.5 Å². The normalized spacial score (nSPS) is 11.4. The Labute approximate surface area is 132 Å². The lowest BCUT2D eigenvalue weighted by Crippen LogP contribution is -2.20. The summed E-state index contributed by atoms with van der Waals surface area (Å²) in [5, 5.41) is 8.90. The van der Waals surface area contributed by atoms with Crippen molar-refractivity contribution in [2.75, 3.05) is 6.54 Å². The predicted octanol–water partition coefficient (Wildman–Crippen LogP) is 4.20.